The molecule has 3 heterocycles. The van der Waals surface area contributed by atoms with Gasteiger partial charge >= 0.3 is 5.97 Å². The van der Waals surface area contributed by atoms with Crippen molar-refractivity contribution in [2.24, 2.45) is 5.73 Å². The van der Waals surface area contributed by atoms with Gasteiger partial charge in [-0.05, 0) is 48.5 Å². The number of nitrogens with one attached hydrogen (secondary N) is 2. The maximum Gasteiger partial charge on any atom is 0.337 e. The molecule has 0 aliphatic carbocycles. The Morgan fingerprint density at radius 3 is 2.73 bits per heavy atom. The minimum atomic E-state index is -2.71. The lowest BCUT2D eigenvalue weighted by atomic mass is 10.1. The van der Waals surface area contributed by atoms with Crippen LogP contribution in [0.4, 0.5) is 14.5 Å². The number of anilines is 1. The van der Waals surface area contributed by atoms with Gasteiger partial charge in [-0.15, -0.1) is 0 Å². The summed E-state index contributed by atoms with van der Waals surface area (Å²) in [5, 5.41) is 4.05. The fourth-order valence-electron chi connectivity index (χ4n) is 4.19. The Balaban J connectivity index is 1.52. The summed E-state index contributed by atoms with van der Waals surface area (Å²) in [6, 6.07) is 18.8. The molecule has 4 N–H and O–H groups in total. The van der Waals surface area contributed by atoms with Crippen molar-refractivity contribution in [3.8, 4) is 28.4 Å². The van der Waals surface area contributed by atoms with Crippen molar-refractivity contribution in [3.63, 3.8) is 0 Å². The van der Waals surface area contributed by atoms with E-state index >= 15 is 0 Å². The second-order valence-corrected chi connectivity index (χ2v) is 8.80. The molecule has 11 heteroatoms. The molecule has 0 saturated heterocycles. The summed E-state index contributed by atoms with van der Waals surface area (Å²) in [6.45, 7) is 1.00. The van der Waals surface area contributed by atoms with Crippen LogP contribution in [0.15, 0.2) is 72.9 Å². The Morgan fingerprint density at radius 2 is 1.93 bits per heavy atom. The molecule has 0 bridgehead atoms. The highest BCUT2D eigenvalue weighted by molar-refractivity contribution is 5.90. The zero-order valence-corrected chi connectivity index (χ0v) is 21.5. The first-order chi connectivity index (χ1) is 19.4. The Kier molecular flexibility index (Phi) is 7.92. The van der Waals surface area contributed by atoms with E-state index in [1.165, 1.54) is 19.2 Å². The third-order valence-corrected chi connectivity index (χ3v) is 6.06. The Bertz CT molecular complexity index is 1660. The molecule has 0 fully saturated rings. The van der Waals surface area contributed by atoms with Crippen molar-refractivity contribution in [2.45, 2.75) is 13.0 Å². The van der Waals surface area contributed by atoms with Crippen molar-refractivity contribution in [3.05, 3.63) is 90.0 Å². The Hall–Kier alpha value is -4.90. The first kappa shape index (κ1) is 26.7. The van der Waals surface area contributed by atoms with Crippen LogP contribution in [-0.4, -0.2) is 46.2 Å². The number of hydrogen-bond acceptors (Lipinski definition) is 8. The average molecular weight is 545 g/mol. The van der Waals surface area contributed by atoms with Gasteiger partial charge in [-0.25, -0.2) is 23.5 Å². The molecule has 0 radical (unpaired) electrons. The standard InChI is InChI=1S/C29H26F2N6O3/c1-39-29(38)18-4-2-5-20(13-18)33-16-25-36-26(27(37-25)23-6-3-7-24(35-23)28(30)31)17-8-9-22-19(12-17)14-21(15-34-22)40-11-10-32/h2-9,12-15,28,33H,10-11,16,32H2,1H3,(H,36,37). The lowest BCUT2D eigenvalue weighted by Gasteiger charge is -2.08. The summed E-state index contributed by atoms with van der Waals surface area (Å²) in [4.78, 5) is 28.5. The van der Waals surface area contributed by atoms with Crippen LogP contribution in [0.2, 0.25) is 0 Å². The van der Waals surface area contributed by atoms with Crippen LogP contribution in [-0.2, 0) is 11.3 Å². The maximum absolute atomic E-state index is 13.5. The van der Waals surface area contributed by atoms with E-state index in [1.54, 1.807) is 30.5 Å². The highest BCUT2D eigenvalue weighted by Crippen LogP contribution is 2.33. The number of pyridine rings is 2. The molecule has 5 rings (SSSR count). The van der Waals surface area contributed by atoms with Crippen LogP contribution >= 0.6 is 0 Å². The number of hydrogen-bond donors (Lipinski definition) is 3. The number of rotatable bonds is 10. The van der Waals surface area contributed by atoms with Gasteiger partial charge in [0, 0.05) is 23.2 Å². The first-order valence-corrected chi connectivity index (χ1v) is 12.4. The number of fused-ring (bicyclic) bond motifs is 1. The van der Waals surface area contributed by atoms with Crippen LogP contribution in [0.3, 0.4) is 0 Å². The fraction of sp³-hybridized carbons (Fsp3) is 0.172. The molecule has 0 unspecified atom stereocenters. The topological polar surface area (TPSA) is 128 Å². The molecule has 0 atom stereocenters. The molecule has 204 valence electrons. The summed E-state index contributed by atoms with van der Waals surface area (Å²) >= 11 is 0. The van der Waals surface area contributed by atoms with Crippen LogP contribution in [0.25, 0.3) is 33.5 Å². The minimum Gasteiger partial charge on any atom is -0.491 e. The van der Waals surface area contributed by atoms with Gasteiger partial charge in [0.05, 0.1) is 48.0 Å². The SMILES string of the molecule is COC(=O)c1cccc(NCc2nc(-c3ccc4ncc(OCCN)cc4c3)c(-c3cccc(C(F)F)n3)[nH]2)c1. The number of aromatic nitrogens is 4. The zero-order chi connectivity index (χ0) is 28.1. The molecule has 0 saturated carbocycles. The zero-order valence-electron chi connectivity index (χ0n) is 21.5. The van der Waals surface area contributed by atoms with Gasteiger partial charge in [-0.3, -0.25) is 4.98 Å². The number of benzene rings is 2. The lowest BCUT2D eigenvalue weighted by Crippen LogP contribution is -2.10. The number of halogens is 2. The highest BCUT2D eigenvalue weighted by Gasteiger charge is 2.18. The first-order valence-electron chi connectivity index (χ1n) is 12.4. The lowest BCUT2D eigenvalue weighted by molar-refractivity contribution is 0.0600. The molecule has 9 nitrogen and oxygen atoms in total. The summed E-state index contributed by atoms with van der Waals surface area (Å²) in [6.07, 6.45) is -1.08. The third-order valence-electron chi connectivity index (χ3n) is 6.06. The van der Waals surface area contributed by atoms with Crippen LogP contribution in [0.5, 0.6) is 5.75 Å². The normalized spacial score (nSPS) is 11.1. The smallest absolute Gasteiger partial charge is 0.337 e. The van der Waals surface area contributed by atoms with Crippen molar-refractivity contribution in [1.82, 2.24) is 19.9 Å². The fourth-order valence-corrected chi connectivity index (χ4v) is 4.19. The van der Waals surface area contributed by atoms with Gasteiger partial charge in [0.2, 0.25) is 0 Å². The van der Waals surface area contributed by atoms with E-state index in [0.717, 1.165) is 16.5 Å². The number of carbonyl (C=O) groups excluding carboxylic acids is 1. The van der Waals surface area contributed by atoms with Gasteiger partial charge in [0.25, 0.3) is 6.43 Å². The Morgan fingerprint density at radius 1 is 1.07 bits per heavy atom. The molecule has 0 aliphatic heterocycles. The number of carbonyl (C=O) groups is 1. The van der Waals surface area contributed by atoms with Crippen molar-refractivity contribution < 1.29 is 23.0 Å². The monoisotopic (exact) mass is 544 g/mol. The molecule has 0 aliphatic rings. The Labute approximate surface area is 228 Å². The van der Waals surface area contributed by atoms with Crippen LogP contribution in [0.1, 0.15) is 28.3 Å². The molecule has 3 aromatic heterocycles. The number of alkyl halides is 2. The molecule has 0 amide bonds. The number of nitrogens with zero attached hydrogens (tertiary/aromatic N) is 3. The van der Waals surface area contributed by atoms with Gasteiger partial charge in [0.1, 0.15) is 23.9 Å². The quantitative estimate of drug-likeness (QED) is 0.201. The summed E-state index contributed by atoms with van der Waals surface area (Å²) in [5.41, 5.74) is 9.15. The number of aromatic amines is 1. The molecule has 2 aromatic carbocycles. The minimum absolute atomic E-state index is 0.262. The van der Waals surface area contributed by atoms with E-state index in [-0.39, 0.29) is 12.2 Å². The second kappa shape index (κ2) is 11.9. The predicted molar refractivity (Wildman–Crippen MR) is 147 cm³/mol. The van der Waals surface area contributed by atoms with E-state index in [2.05, 4.69) is 20.3 Å². The molecule has 0 spiro atoms. The molecular weight excluding hydrogens is 518 g/mol. The number of nitrogens with two attached hydrogens (primary N) is 1. The number of ether oxygens (including phenoxy) is 2. The van der Waals surface area contributed by atoms with E-state index in [0.29, 0.717) is 53.1 Å². The summed E-state index contributed by atoms with van der Waals surface area (Å²) in [5.74, 6) is 0.678. The largest absolute Gasteiger partial charge is 0.491 e. The van der Waals surface area contributed by atoms with Crippen LogP contribution in [0, 0.1) is 0 Å². The van der Waals surface area contributed by atoms with E-state index < -0.39 is 12.4 Å². The van der Waals surface area contributed by atoms with Gasteiger partial charge in [-0.1, -0.05) is 18.2 Å². The number of imidazole rings is 1. The van der Waals surface area contributed by atoms with Gasteiger partial charge < -0.3 is 25.5 Å². The molecule has 40 heavy (non-hydrogen) atoms. The maximum atomic E-state index is 13.5. The highest BCUT2D eigenvalue weighted by atomic mass is 19.3. The average Bonchev–Trinajstić information content (AvgIpc) is 3.42. The van der Waals surface area contributed by atoms with Crippen molar-refractivity contribution in [2.75, 3.05) is 25.6 Å². The number of H-pyrrole nitrogens is 1. The molecule has 5 aromatic rings. The number of esters is 1. The van der Waals surface area contributed by atoms with E-state index in [1.807, 2.05) is 30.3 Å². The molecular formula is C29H26F2N6O3. The predicted octanol–water partition coefficient (Wildman–Crippen LogP) is 5.36. The third kappa shape index (κ3) is 5.89. The van der Waals surface area contributed by atoms with E-state index in [9.17, 15) is 13.6 Å². The van der Waals surface area contributed by atoms with Crippen molar-refractivity contribution in [1.29, 1.82) is 0 Å². The summed E-state index contributed by atoms with van der Waals surface area (Å²) in [7, 11) is 1.32. The second-order valence-electron chi connectivity index (χ2n) is 8.80. The van der Waals surface area contributed by atoms with Gasteiger partial charge in [0.15, 0.2) is 0 Å². The van der Waals surface area contributed by atoms with E-state index in [4.69, 9.17) is 20.2 Å². The van der Waals surface area contributed by atoms with Crippen LogP contribution < -0.4 is 15.8 Å². The van der Waals surface area contributed by atoms with Gasteiger partial charge in [-0.2, -0.15) is 0 Å². The number of methoxy groups -OCH3 is 1. The van der Waals surface area contributed by atoms with Crippen molar-refractivity contribution >= 4 is 22.6 Å². The summed E-state index contributed by atoms with van der Waals surface area (Å²) < 4.78 is 37.3.